The zero-order valence-corrected chi connectivity index (χ0v) is 32.3. The van der Waals surface area contributed by atoms with E-state index in [1.807, 2.05) is 32.6 Å². The van der Waals surface area contributed by atoms with E-state index in [4.69, 9.17) is 22.9 Å². The minimum Gasteiger partial charge on any atom is -0.489 e. The first kappa shape index (κ1) is 37.6. The van der Waals surface area contributed by atoms with Gasteiger partial charge in [-0.15, -0.1) is 0 Å². The molecule has 2 saturated heterocycles. The summed E-state index contributed by atoms with van der Waals surface area (Å²) < 4.78 is 22.0. The highest BCUT2D eigenvalue weighted by Crippen LogP contribution is 2.56. The lowest BCUT2D eigenvalue weighted by atomic mass is 9.49. The third-order valence-corrected chi connectivity index (χ3v) is 12.7. The number of nitrogens with one attached hydrogen (secondary N) is 2. The zero-order valence-electron chi connectivity index (χ0n) is 31.6. The molecule has 1 atom stereocenters. The Morgan fingerprint density at radius 1 is 0.929 bits per heavy atom. The SMILES string of the molecule is [C-]#[N+]c1ccc(OC2C(C)(C)C(NC(=O)c3ccc(N4CCC(N5Cc6cc7c(cc6C5)C(=O)N(C5CCC(=O)NC5=O)C7=O)CC4)c(F)c3)C2(C)C)cc1Cl. The van der Waals surface area contributed by atoms with E-state index >= 15 is 4.39 Å². The number of fused-ring (bicyclic) bond motifs is 2. The van der Waals surface area contributed by atoms with Crippen molar-refractivity contribution in [3.05, 3.63) is 98.6 Å². The van der Waals surface area contributed by atoms with Crippen molar-refractivity contribution < 1.29 is 33.1 Å². The Morgan fingerprint density at radius 3 is 2.14 bits per heavy atom. The maximum Gasteiger partial charge on any atom is 0.262 e. The summed E-state index contributed by atoms with van der Waals surface area (Å²) in [5.74, 6) is -2.35. The number of hydrogen-bond acceptors (Lipinski definition) is 8. The van der Waals surface area contributed by atoms with Gasteiger partial charge in [-0.05, 0) is 72.9 Å². The van der Waals surface area contributed by atoms with Gasteiger partial charge in [0.15, 0.2) is 0 Å². The largest absolute Gasteiger partial charge is 0.489 e. The van der Waals surface area contributed by atoms with Gasteiger partial charge in [-0.3, -0.25) is 39.1 Å². The van der Waals surface area contributed by atoms with Crippen molar-refractivity contribution in [1.29, 1.82) is 0 Å². The molecule has 0 radical (unpaired) electrons. The molecule has 3 fully saturated rings. The van der Waals surface area contributed by atoms with E-state index in [2.05, 4.69) is 20.4 Å². The van der Waals surface area contributed by atoms with Crippen molar-refractivity contribution >= 4 is 52.5 Å². The number of benzene rings is 3. The molecule has 0 bridgehead atoms. The highest BCUT2D eigenvalue weighted by Gasteiger charge is 2.64. The molecule has 14 heteroatoms. The molecule has 1 aliphatic carbocycles. The summed E-state index contributed by atoms with van der Waals surface area (Å²) in [4.78, 5) is 72.9. The number of ether oxygens (including phenoxy) is 1. The van der Waals surface area contributed by atoms with Crippen molar-refractivity contribution in [1.82, 2.24) is 20.4 Å². The molecule has 4 heterocycles. The van der Waals surface area contributed by atoms with Gasteiger partial charge in [0, 0.05) is 61.1 Å². The van der Waals surface area contributed by atoms with Crippen LogP contribution in [-0.4, -0.2) is 76.7 Å². The van der Waals surface area contributed by atoms with E-state index < -0.39 is 46.3 Å². The molecular formula is C42H42ClFN6O6. The Bertz CT molecular complexity index is 2200. The van der Waals surface area contributed by atoms with Crippen molar-refractivity contribution in [3.63, 3.8) is 0 Å². The summed E-state index contributed by atoms with van der Waals surface area (Å²) in [6, 6.07) is 12.1. The van der Waals surface area contributed by atoms with Gasteiger partial charge in [0.2, 0.25) is 17.5 Å². The second kappa shape index (κ2) is 13.7. The van der Waals surface area contributed by atoms with Crippen LogP contribution in [-0.2, 0) is 22.7 Å². The average Bonchev–Trinajstić information content (AvgIpc) is 3.69. The monoisotopic (exact) mass is 780 g/mol. The Labute approximate surface area is 329 Å². The van der Waals surface area contributed by atoms with Gasteiger partial charge in [-0.1, -0.05) is 45.4 Å². The summed E-state index contributed by atoms with van der Waals surface area (Å²) in [5, 5.41) is 5.67. The van der Waals surface area contributed by atoms with Crippen LogP contribution in [0.3, 0.4) is 0 Å². The van der Waals surface area contributed by atoms with Gasteiger partial charge in [0.1, 0.15) is 23.7 Å². The van der Waals surface area contributed by atoms with Gasteiger partial charge in [-0.25, -0.2) is 9.24 Å². The van der Waals surface area contributed by atoms with Crippen LogP contribution in [0.15, 0.2) is 48.5 Å². The van der Waals surface area contributed by atoms with Crippen molar-refractivity contribution in [2.75, 3.05) is 18.0 Å². The van der Waals surface area contributed by atoms with Gasteiger partial charge in [-0.2, -0.15) is 0 Å². The van der Waals surface area contributed by atoms with Crippen LogP contribution in [0.4, 0.5) is 15.8 Å². The van der Waals surface area contributed by atoms with E-state index in [1.54, 1.807) is 42.5 Å². The quantitative estimate of drug-likeness (QED) is 0.220. The molecule has 56 heavy (non-hydrogen) atoms. The molecule has 1 saturated carbocycles. The third kappa shape index (κ3) is 6.19. The third-order valence-electron chi connectivity index (χ3n) is 12.4. The molecule has 3 aromatic carbocycles. The maximum atomic E-state index is 15.7. The van der Waals surface area contributed by atoms with Crippen LogP contribution in [0.5, 0.6) is 5.75 Å². The number of rotatable bonds is 7. The number of anilines is 1. The van der Waals surface area contributed by atoms with Crippen molar-refractivity contribution in [2.24, 2.45) is 10.8 Å². The molecule has 8 rings (SSSR count). The highest BCUT2D eigenvalue weighted by molar-refractivity contribution is 6.33. The van der Waals surface area contributed by atoms with Gasteiger partial charge < -0.3 is 15.0 Å². The molecular weight excluding hydrogens is 739 g/mol. The van der Waals surface area contributed by atoms with Crippen LogP contribution in [0.1, 0.15) is 95.6 Å². The molecule has 12 nitrogen and oxygen atoms in total. The van der Waals surface area contributed by atoms with Crippen LogP contribution in [0.25, 0.3) is 4.85 Å². The highest BCUT2D eigenvalue weighted by atomic mass is 35.5. The number of hydrogen-bond donors (Lipinski definition) is 2. The van der Waals surface area contributed by atoms with Gasteiger partial charge >= 0.3 is 0 Å². The number of nitrogens with zero attached hydrogens (tertiary/aromatic N) is 4. The Kier molecular flexibility index (Phi) is 9.20. The number of carbonyl (C=O) groups is 5. The topological polar surface area (TPSA) is 133 Å². The van der Waals surface area contributed by atoms with E-state index in [0.717, 1.165) is 28.9 Å². The molecule has 5 aliphatic rings. The Morgan fingerprint density at radius 2 is 1.57 bits per heavy atom. The zero-order chi connectivity index (χ0) is 39.8. The summed E-state index contributed by atoms with van der Waals surface area (Å²) in [5.41, 5.74) is 2.60. The summed E-state index contributed by atoms with van der Waals surface area (Å²) in [7, 11) is 0. The number of piperidine rings is 2. The molecule has 4 aliphatic heterocycles. The van der Waals surface area contributed by atoms with Crippen molar-refractivity contribution in [2.45, 2.75) is 90.7 Å². The fourth-order valence-corrected chi connectivity index (χ4v) is 10.0. The fraction of sp³-hybridized carbons (Fsp3) is 0.429. The predicted octanol–water partition coefficient (Wildman–Crippen LogP) is 6.03. The first-order chi connectivity index (χ1) is 26.6. The van der Waals surface area contributed by atoms with E-state index in [9.17, 15) is 24.0 Å². The summed E-state index contributed by atoms with van der Waals surface area (Å²) in [6.45, 7) is 17.7. The maximum absolute atomic E-state index is 15.7. The first-order valence-electron chi connectivity index (χ1n) is 18.9. The fourth-order valence-electron chi connectivity index (χ4n) is 9.83. The first-order valence-corrected chi connectivity index (χ1v) is 19.3. The standard InChI is InChI=1S/C42H42ClFN6O6/c1-41(2)39(42(3,4)40(41)56-26-7-8-31(45-5)29(43)19-26)47-35(52)22-6-9-32(30(44)18-22)48-14-12-25(13-15-48)49-20-23-16-27-28(17-24(23)21-49)38(55)50(37(27)54)33-10-11-34(51)46-36(33)53/h6-9,16-19,25,33,39-40H,10-15,20-21H2,1-4H3,(H,47,52)(H,46,51,53). The van der Waals surface area contributed by atoms with E-state index in [1.165, 1.54) is 6.07 Å². The number of halogens is 2. The van der Waals surface area contributed by atoms with E-state index in [0.29, 0.717) is 48.3 Å². The van der Waals surface area contributed by atoms with E-state index in [-0.39, 0.29) is 53.6 Å². The lowest BCUT2D eigenvalue weighted by Gasteiger charge is -2.63. The van der Waals surface area contributed by atoms with Gasteiger partial charge in [0.05, 0.1) is 28.4 Å². The molecule has 0 aromatic heterocycles. The smallest absolute Gasteiger partial charge is 0.262 e. The molecule has 1 unspecified atom stereocenters. The van der Waals surface area contributed by atoms with Crippen LogP contribution in [0.2, 0.25) is 5.02 Å². The second-order valence-corrected chi connectivity index (χ2v) is 17.1. The average molecular weight is 781 g/mol. The van der Waals surface area contributed by atoms with Crippen LogP contribution in [0, 0.1) is 23.2 Å². The van der Waals surface area contributed by atoms with Crippen molar-refractivity contribution in [3.8, 4) is 5.75 Å². The van der Waals surface area contributed by atoms with Crippen LogP contribution >= 0.6 is 11.6 Å². The molecule has 5 amide bonds. The molecule has 0 spiro atoms. The summed E-state index contributed by atoms with van der Waals surface area (Å²) >= 11 is 6.23. The number of amides is 5. The molecule has 2 N–H and O–H groups in total. The second-order valence-electron chi connectivity index (χ2n) is 16.7. The lowest BCUT2D eigenvalue weighted by Crippen LogP contribution is -2.74. The lowest BCUT2D eigenvalue weighted by molar-refractivity contribution is -0.164. The normalized spacial score (nSPS) is 24.3. The number of imide groups is 2. The predicted molar refractivity (Wildman–Crippen MR) is 205 cm³/mol. The minimum absolute atomic E-state index is 0.0691. The molecule has 290 valence electrons. The Hall–Kier alpha value is -5.32. The van der Waals surface area contributed by atoms with Crippen LogP contribution < -0.4 is 20.3 Å². The minimum atomic E-state index is -1.000. The number of carbonyl (C=O) groups excluding carboxylic acids is 5. The molecule has 3 aromatic rings. The van der Waals surface area contributed by atoms with Gasteiger partial charge in [0.25, 0.3) is 17.7 Å². The Balaban J connectivity index is 0.864. The summed E-state index contributed by atoms with van der Waals surface area (Å²) in [6.07, 6.45) is 1.47.